The van der Waals surface area contributed by atoms with Gasteiger partial charge in [0.05, 0.1) is 43.2 Å². The number of benzene rings is 1. The molecule has 1 aromatic rings. The van der Waals surface area contributed by atoms with Gasteiger partial charge in [-0.15, -0.1) is 13.2 Å². The van der Waals surface area contributed by atoms with Gasteiger partial charge in [0.1, 0.15) is 17.7 Å². The molecule has 4 rings (SSSR count). The minimum absolute atomic E-state index is 0.0481. The van der Waals surface area contributed by atoms with Crippen molar-refractivity contribution in [3.63, 3.8) is 0 Å². The number of allylic oxidation sites excluding steroid dienone is 1. The van der Waals surface area contributed by atoms with E-state index < -0.39 is 65.2 Å². The summed E-state index contributed by atoms with van der Waals surface area (Å²) in [5.41, 5.74) is -1.47. The number of ether oxygens (including phenoxy) is 3. The van der Waals surface area contributed by atoms with E-state index in [0.29, 0.717) is 24.8 Å². The van der Waals surface area contributed by atoms with Gasteiger partial charge in [-0.3, -0.25) is 19.2 Å². The first kappa shape index (κ1) is 40.7. The van der Waals surface area contributed by atoms with Crippen LogP contribution in [0.15, 0.2) is 55.6 Å². The van der Waals surface area contributed by atoms with Gasteiger partial charge in [0.2, 0.25) is 17.7 Å². The molecule has 0 aromatic heterocycles. The quantitative estimate of drug-likeness (QED) is 0.132. The average molecular weight is 775 g/mol. The zero-order chi connectivity index (χ0) is 37.9. The number of alkyl halides is 1. The number of rotatable bonds is 17. The molecule has 11 nitrogen and oxygen atoms in total. The number of esters is 1. The molecule has 0 saturated carbocycles. The molecule has 1 unspecified atom stereocenters. The van der Waals surface area contributed by atoms with E-state index >= 15 is 0 Å². The number of methoxy groups -OCH3 is 1. The van der Waals surface area contributed by atoms with Crippen LogP contribution in [0.4, 0.5) is 0 Å². The third kappa shape index (κ3) is 8.29. The Morgan fingerprint density at radius 1 is 1.18 bits per heavy atom. The SMILES string of the molecule is C=CCCC(=O)N[C@H](COC)[C@H](OC(=O)[C@H]1[C@@H]2O[C@@]3(CC2Br)[C@@H]1C(=O)N([C@H](C)CO)[C@@H]3C(=O)N(CC=C)C(C)(C)CC(C)(C)C)c1ccccc1. The van der Waals surface area contributed by atoms with E-state index in [9.17, 15) is 24.3 Å². The first-order chi connectivity index (χ1) is 24.0. The lowest BCUT2D eigenvalue weighted by Gasteiger charge is -2.46. The first-order valence-electron chi connectivity index (χ1n) is 17.8. The molecule has 3 fully saturated rings. The van der Waals surface area contributed by atoms with E-state index in [1.807, 2.05) is 32.0 Å². The fraction of sp³-hybridized carbons (Fsp3) is 0.641. The van der Waals surface area contributed by atoms with Crippen LogP contribution in [0.25, 0.3) is 0 Å². The third-order valence-electron chi connectivity index (χ3n) is 10.2. The van der Waals surface area contributed by atoms with Crippen molar-refractivity contribution in [3.05, 3.63) is 61.2 Å². The van der Waals surface area contributed by atoms with Gasteiger partial charge in [-0.2, -0.15) is 0 Å². The molecule has 282 valence electrons. The highest BCUT2D eigenvalue weighted by Crippen LogP contribution is 2.61. The standard InChI is InChI=1S/C39H56BrN3O8/c1-10-12-18-28(45)41-27(22-49-9)31(25-16-14-13-15-17-25)50-36(48)29-30-34(46)43(24(3)21-44)33(39(30)20-26(40)32(29)51-39)35(47)42(19-11-2)38(7,8)23-37(4,5)6/h10-11,13-17,24,26-27,29-33,44H,1-2,12,18-23H2,3-9H3,(H,41,45)/t24-,26?,27-,29-,30+,31-,32-,33-,39+/m1/s1. The van der Waals surface area contributed by atoms with Crippen molar-refractivity contribution in [1.82, 2.24) is 15.1 Å². The maximum atomic E-state index is 15.0. The Hall–Kier alpha value is -3.06. The van der Waals surface area contributed by atoms with Gasteiger partial charge in [0.15, 0.2) is 0 Å². The Morgan fingerprint density at radius 3 is 2.41 bits per heavy atom. The molecule has 51 heavy (non-hydrogen) atoms. The first-order valence-corrected chi connectivity index (χ1v) is 18.7. The van der Waals surface area contributed by atoms with Crippen LogP contribution in [0, 0.1) is 17.3 Å². The Balaban J connectivity index is 1.76. The smallest absolute Gasteiger partial charge is 0.313 e. The molecule has 1 aromatic carbocycles. The number of likely N-dealkylation sites (tertiary alicyclic amines) is 1. The number of hydrogen-bond donors (Lipinski definition) is 2. The molecule has 0 radical (unpaired) electrons. The van der Waals surface area contributed by atoms with Gasteiger partial charge in [-0.05, 0) is 51.0 Å². The summed E-state index contributed by atoms with van der Waals surface area (Å²) < 4.78 is 18.5. The summed E-state index contributed by atoms with van der Waals surface area (Å²) in [6.45, 7) is 19.5. The molecular weight excluding hydrogens is 718 g/mol. The maximum absolute atomic E-state index is 15.0. The summed E-state index contributed by atoms with van der Waals surface area (Å²) >= 11 is 3.74. The van der Waals surface area contributed by atoms with Crippen LogP contribution < -0.4 is 5.32 Å². The summed E-state index contributed by atoms with van der Waals surface area (Å²) in [4.78, 5) is 59.9. The van der Waals surface area contributed by atoms with Crippen molar-refractivity contribution in [3.8, 4) is 0 Å². The minimum Gasteiger partial charge on any atom is -0.455 e. The average Bonchev–Trinajstić information content (AvgIpc) is 3.66. The lowest BCUT2D eigenvalue weighted by atomic mass is 9.70. The highest BCUT2D eigenvalue weighted by molar-refractivity contribution is 9.09. The molecule has 12 heteroatoms. The fourth-order valence-corrected chi connectivity index (χ4v) is 9.55. The van der Waals surface area contributed by atoms with Gasteiger partial charge in [-0.1, -0.05) is 79.2 Å². The van der Waals surface area contributed by atoms with E-state index in [-0.39, 0.29) is 48.2 Å². The number of halogens is 1. The molecule has 3 amide bonds. The number of hydrogen-bond acceptors (Lipinski definition) is 8. The zero-order valence-electron chi connectivity index (χ0n) is 31.1. The summed E-state index contributed by atoms with van der Waals surface area (Å²) in [5.74, 6) is -3.80. The van der Waals surface area contributed by atoms with Crippen LogP contribution in [0.2, 0.25) is 0 Å². The van der Waals surface area contributed by atoms with Crippen LogP contribution >= 0.6 is 15.9 Å². The number of carbonyl (C=O) groups excluding carboxylic acids is 4. The Labute approximate surface area is 311 Å². The van der Waals surface area contributed by atoms with Gasteiger partial charge in [-0.25, -0.2) is 0 Å². The number of nitrogens with one attached hydrogen (secondary N) is 1. The summed E-state index contributed by atoms with van der Waals surface area (Å²) in [5, 5.41) is 13.3. The molecule has 3 aliphatic heterocycles. The molecular formula is C39H56BrN3O8. The van der Waals surface area contributed by atoms with E-state index in [0.717, 1.165) is 0 Å². The van der Waals surface area contributed by atoms with Gasteiger partial charge >= 0.3 is 5.97 Å². The minimum atomic E-state index is -1.36. The van der Waals surface area contributed by atoms with Crippen molar-refractivity contribution in [2.24, 2.45) is 17.3 Å². The van der Waals surface area contributed by atoms with Crippen molar-refractivity contribution >= 4 is 39.6 Å². The fourth-order valence-electron chi connectivity index (χ4n) is 8.61. The third-order valence-corrected chi connectivity index (χ3v) is 11.1. The predicted octanol–water partition coefficient (Wildman–Crippen LogP) is 4.73. The van der Waals surface area contributed by atoms with Crippen LogP contribution in [0.1, 0.15) is 78.9 Å². The monoisotopic (exact) mass is 773 g/mol. The van der Waals surface area contributed by atoms with Crippen molar-refractivity contribution in [2.45, 2.75) is 114 Å². The van der Waals surface area contributed by atoms with Gasteiger partial charge in [0, 0.05) is 30.4 Å². The molecule has 3 saturated heterocycles. The molecule has 1 spiro atoms. The highest BCUT2D eigenvalue weighted by Gasteiger charge is 2.77. The van der Waals surface area contributed by atoms with E-state index in [1.54, 1.807) is 36.1 Å². The second kappa shape index (κ2) is 16.3. The molecule has 0 aliphatic carbocycles. The number of carbonyl (C=O) groups is 4. The normalized spacial score (nSPS) is 27.4. The van der Waals surface area contributed by atoms with Crippen LogP contribution in [0.5, 0.6) is 0 Å². The van der Waals surface area contributed by atoms with E-state index in [2.05, 4.69) is 55.2 Å². The van der Waals surface area contributed by atoms with Crippen LogP contribution in [-0.2, 0) is 33.4 Å². The number of amides is 3. The number of fused-ring (bicyclic) bond motifs is 1. The highest BCUT2D eigenvalue weighted by atomic mass is 79.9. The Bertz CT molecular complexity index is 1450. The molecule has 2 bridgehead atoms. The Kier molecular flexibility index (Phi) is 13.0. The molecule has 3 heterocycles. The maximum Gasteiger partial charge on any atom is 0.313 e. The molecule has 9 atom stereocenters. The second-order valence-corrected chi connectivity index (χ2v) is 17.1. The van der Waals surface area contributed by atoms with Crippen molar-refractivity contribution in [1.29, 1.82) is 0 Å². The largest absolute Gasteiger partial charge is 0.455 e. The summed E-state index contributed by atoms with van der Waals surface area (Å²) in [6.07, 6.45) is 3.25. The van der Waals surface area contributed by atoms with Crippen molar-refractivity contribution < 1.29 is 38.5 Å². The van der Waals surface area contributed by atoms with Gasteiger partial charge in [0.25, 0.3) is 0 Å². The van der Waals surface area contributed by atoms with Crippen molar-refractivity contribution in [2.75, 3.05) is 26.9 Å². The number of aliphatic hydroxyl groups excluding tert-OH is 1. The van der Waals surface area contributed by atoms with E-state index in [1.165, 1.54) is 12.0 Å². The van der Waals surface area contributed by atoms with Gasteiger partial charge < -0.3 is 34.4 Å². The number of aliphatic hydroxyl groups is 1. The van der Waals surface area contributed by atoms with Crippen LogP contribution in [0.3, 0.4) is 0 Å². The topological polar surface area (TPSA) is 135 Å². The predicted molar refractivity (Wildman–Crippen MR) is 198 cm³/mol. The zero-order valence-corrected chi connectivity index (χ0v) is 32.7. The van der Waals surface area contributed by atoms with Crippen LogP contribution in [-0.4, -0.2) is 106 Å². The Morgan fingerprint density at radius 2 is 1.84 bits per heavy atom. The summed E-state index contributed by atoms with van der Waals surface area (Å²) in [7, 11) is 1.50. The molecule has 2 N–H and O–H groups in total. The summed E-state index contributed by atoms with van der Waals surface area (Å²) in [6, 6.07) is 6.48. The number of nitrogens with zero attached hydrogens (tertiary/aromatic N) is 2. The lowest BCUT2D eigenvalue weighted by molar-refractivity contribution is -0.163. The molecule has 3 aliphatic rings. The lowest BCUT2D eigenvalue weighted by Crippen LogP contribution is -2.62. The van der Waals surface area contributed by atoms with E-state index in [4.69, 9.17) is 14.2 Å². The second-order valence-electron chi connectivity index (χ2n) is 16.0.